The van der Waals surface area contributed by atoms with Crippen molar-refractivity contribution in [2.24, 2.45) is 4.99 Å². The molecule has 0 radical (unpaired) electrons. The zero-order chi connectivity index (χ0) is 29.1. The molecule has 9 heteroatoms. The number of nitrogens with one attached hydrogen (secondary N) is 1. The van der Waals surface area contributed by atoms with Gasteiger partial charge >= 0.3 is 6.09 Å². The minimum Gasteiger partial charge on any atom is -0.449 e. The van der Waals surface area contributed by atoms with Crippen molar-refractivity contribution in [1.82, 2.24) is 10.3 Å². The van der Waals surface area contributed by atoms with Crippen molar-refractivity contribution >= 4 is 47.5 Å². The molecule has 1 unspecified atom stereocenters. The van der Waals surface area contributed by atoms with E-state index < -0.39 is 12.4 Å². The Balaban J connectivity index is 1.25. The quantitative estimate of drug-likeness (QED) is 0.165. The van der Waals surface area contributed by atoms with Gasteiger partial charge in [-0.05, 0) is 63.2 Å². The fourth-order valence-corrected chi connectivity index (χ4v) is 6.70. The second-order valence-electron chi connectivity index (χ2n) is 9.83. The van der Waals surface area contributed by atoms with Gasteiger partial charge in [-0.2, -0.15) is 0 Å². The number of benzene rings is 3. The summed E-state index contributed by atoms with van der Waals surface area (Å²) in [6, 6.07) is 23.2. The molecule has 1 aliphatic heterocycles. The van der Waals surface area contributed by atoms with Gasteiger partial charge in [-0.15, -0.1) is 0 Å². The number of alkyl carbamates (subject to hydrolysis) is 1. The number of aliphatic imine (C=N–C) groups is 1. The molecule has 210 valence electrons. The lowest BCUT2D eigenvalue weighted by atomic mass is 9.95. The maximum absolute atomic E-state index is 14.2. The Labute approximate surface area is 251 Å². The van der Waals surface area contributed by atoms with Crippen LogP contribution >= 0.6 is 23.4 Å². The van der Waals surface area contributed by atoms with Crippen molar-refractivity contribution in [2.75, 3.05) is 6.61 Å². The van der Waals surface area contributed by atoms with Gasteiger partial charge in [0, 0.05) is 41.8 Å². The van der Waals surface area contributed by atoms with E-state index in [1.807, 2.05) is 24.3 Å². The number of carbonyl (C=O) groups is 2. The van der Waals surface area contributed by atoms with Gasteiger partial charge in [-0.3, -0.25) is 9.79 Å². The topological polar surface area (TPSA) is 80.7 Å². The maximum Gasteiger partial charge on any atom is 0.407 e. The summed E-state index contributed by atoms with van der Waals surface area (Å²) in [5, 5.41) is 3.75. The summed E-state index contributed by atoms with van der Waals surface area (Å²) in [4.78, 5) is 33.5. The van der Waals surface area contributed by atoms with Gasteiger partial charge in [0.05, 0.1) is 5.02 Å². The molecule has 6 nitrogen and oxygen atoms in total. The molecule has 0 spiro atoms. The van der Waals surface area contributed by atoms with Crippen LogP contribution < -0.4 is 5.32 Å². The van der Waals surface area contributed by atoms with Gasteiger partial charge in [0.25, 0.3) is 0 Å². The lowest BCUT2D eigenvalue weighted by Crippen LogP contribution is -2.26. The summed E-state index contributed by atoms with van der Waals surface area (Å²) < 4.78 is 20.0. The maximum atomic E-state index is 14.2. The van der Waals surface area contributed by atoms with Gasteiger partial charge in [0.1, 0.15) is 11.6 Å². The van der Waals surface area contributed by atoms with E-state index in [0.29, 0.717) is 26.1 Å². The molecular weight excluding hydrogens is 573 g/mol. The van der Waals surface area contributed by atoms with Crippen molar-refractivity contribution in [3.8, 4) is 11.1 Å². The van der Waals surface area contributed by atoms with Crippen molar-refractivity contribution in [2.45, 2.75) is 35.1 Å². The highest BCUT2D eigenvalue weighted by Crippen LogP contribution is 2.45. The molecule has 0 saturated carbocycles. The molecule has 0 bridgehead atoms. The van der Waals surface area contributed by atoms with Gasteiger partial charge in [0.15, 0.2) is 12.6 Å². The summed E-state index contributed by atoms with van der Waals surface area (Å²) in [5.41, 5.74) is 7.05. The second-order valence-corrected chi connectivity index (χ2v) is 11.2. The molecule has 2 aliphatic rings. The number of hydrogen-bond acceptors (Lipinski definition) is 6. The Morgan fingerprint density at radius 3 is 2.48 bits per heavy atom. The van der Waals surface area contributed by atoms with Crippen LogP contribution in [-0.2, 0) is 11.3 Å². The molecule has 42 heavy (non-hydrogen) atoms. The normalized spacial score (nSPS) is 15.5. The monoisotopic (exact) mass is 597 g/mol. The summed E-state index contributed by atoms with van der Waals surface area (Å²) in [5.74, 6) is -0.0740. The largest absolute Gasteiger partial charge is 0.449 e. The summed E-state index contributed by atoms with van der Waals surface area (Å²) >= 11 is 7.89. The molecule has 2 heterocycles. The van der Waals surface area contributed by atoms with Crippen LogP contribution in [0.25, 0.3) is 16.7 Å². The van der Waals surface area contributed by atoms with E-state index in [1.54, 1.807) is 36.5 Å². The van der Waals surface area contributed by atoms with E-state index >= 15 is 0 Å². The predicted octanol–water partition coefficient (Wildman–Crippen LogP) is 7.89. The molecular formula is C33H25ClFN3O3S. The number of nitrogens with zero attached hydrogens (tertiary/aromatic N) is 2. The van der Waals surface area contributed by atoms with Crippen LogP contribution in [0.4, 0.5) is 9.18 Å². The van der Waals surface area contributed by atoms with E-state index in [0.717, 1.165) is 39.7 Å². The number of rotatable bonds is 8. The van der Waals surface area contributed by atoms with Crippen LogP contribution in [0.5, 0.6) is 0 Å². The Morgan fingerprint density at radius 2 is 1.76 bits per heavy atom. The number of dihydropyridines is 1. The first-order chi connectivity index (χ1) is 20.5. The number of aldehydes is 1. The Morgan fingerprint density at radius 1 is 1.02 bits per heavy atom. The third-order valence-electron chi connectivity index (χ3n) is 7.35. The fourth-order valence-electron chi connectivity index (χ4n) is 5.40. The lowest BCUT2D eigenvalue weighted by molar-refractivity contribution is 0.112. The highest BCUT2D eigenvalue weighted by molar-refractivity contribution is 7.99. The van der Waals surface area contributed by atoms with E-state index in [9.17, 15) is 14.0 Å². The van der Waals surface area contributed by atoms with E-state index in [1.165, 1.54) is 18.0 Å². The van der Waals surface area contributed by atoms with Crippen LogP contribution in [0.3, 0.4) is 0 Å². The van der Waals surface area contributed by atoms with E-state index in [2.05, 4.69) is 39.6 Å². The average Bonchev–Trinajstić information content (AvgIpc) is 3.34. The number of allylic oxidation sites excluding steroid dienone is 1. The zero-order valence-corrected chi connectivity index (χ0v) is 23.9. The minimum absolute atomic E-state index is 0.0591. The number of carbonyl (C=O) groups excluding carboxylic acids is 2. The first-order valence-electron chi connectivity index (χ1n) is 13.4. The van der Waals surface area contributed by atoms with Gasteiger partial charge in [-0.25, -0.2) is 14.2 Å². The first kappa shape index (κ1) is 27.9. The van der Waals surface area contributed by atoms with E-state index in [4.69, 9.17) is 16.3 Å². The molecule has 6 rings (SSSR count). The highest BCUT2D eigenvalue weighted by atomic mass is 35.5. The number of alkyl halides is 1. The molecule has 1 amide bonds. The smallest absolute Gasteiger partial charge is 0.407 e. The number of ether oxygens (including phenoxy) is 1. The molecule has 4 aromatic rings. The van der Waals surface area contributed by atoms with Crippen LogP contribution in [0.15, 0.2) is 100.0 Å². The summed E-state index contributed by atoms with van der Waals surface area (Å²) in [6.45, 7) is 0.231. The molecule has 0 saturated heterocycles. The van der Waals surface area contributed by atoms with Crippen LogP contribution in [0.1, 0.15) is 45.0 Å². The van der Waals surface area contributed by atoms with Gasteiger partial charge in [0.2, 0.25) is 0 Å². The van der Waals surface area contributed by atoms with Gasteiger partial charge < -0.3 is 10.1 Å². The number of aromatic nitrogens is 1. The van der Waals surface area contributed by atoms with Crippen molar-refractivity contribution in [3.63, 3.8) is 0 Å². The number of halogens is 2. The average molecular weight is 598 g/mol. The molecule has 1 aromatic heterocycles. The molecule has 1 aliphatic carbocycles. The van der Waals surface area contributed by atoms with Crippen molar-refractivity contribution < 1.29 is 18.7 Å². The predicted molar refractivity (Wildman–Crippen MR) is 163 cm³/mol. The highest BCUT2D eigenvalue weighted by Gasteiger charge is 2.29. The Hall–Kier alpha value is -4.27. The SMILES string of the molecule is O=Cc1cccnc1Sc1c(Cl)ccc(C2=CC=NC(F)C2)c1CNC(=O)OCC1c2ccccc2-c2ccccc21. The van der Waals surface area contributed by atoms with Crippen molar-refractivity contribution in [1.29, 1.82) is 0 Å². The third-order valence-corrected chi connectivity index (χ3v) is 8.98. The molecule has 3 aromatic carbocycles. The summed E-state index contributed by atoms with van der Waals surface area (Å²) in [6.07, 6.45) is 3.65. The third kappa shape index (κ3) is 5.60. The van der Waals surface area contributed by atoms with Crippen LogP contribution in [0.2, 0.25) is 5.02 Å². The van der Waals surface area contributed by atoms with Crippen LogP contribution in [0, 0.1) is 0 Å². The number of hydrogen-bond donors (Lipinski definition) is 1. The minimum atomic E-state index is -1.36. The van der Waals surface area contributed by atoms with Crippen molar-refractivity contribution in [3.05, 3.63) is 118 Å². The molecule has 1 atom stereocenters. The fraction of sp³-hybridized carbons (Fsp3) is 0.152. The Bertz CT molecular complexity index is 1700. The Kier molecular flexibility index (Phi) is 8.17. The standard InChI is InChI=1S/C33H25ClFN3O3S/c34-29-12-11-22(20-13-15-36-30(35)16-20)27(31(29)42-32-21(18-39)6-5-14-37-32)17-38-33(40)41-19-28-25-9-3-1-7-23(25)24-8-2-4-10-26(24)28/h1-15,18,28,30H,16-17,19H2,(H,38,40). The zero-order valence-electron chi connectivity index (χ0n) is 22.3. The lowest BCUT2D eigenvalue weighted by Gasteiger charge is -2.21. The summed E-state index contributed by atoms with van der Waals surface area (Å²) in [7, 11) is 0. The molecule has 0 fully saturated rings. The number of fused-ring (bicyclic) bond motifs is 3. The number of pyridine rings is 1. The molecule has 1 N–H and O–H groups in total. The van der Waals surface area contributed by atoms with E-state index in [-0.39, 0.29) is 25.5 Å². The van der Waals surface area contributed by atoms with Crippen LogP contribution in [-0.4, -0.2) is 36.5 Å². The second kappa shape index (κ2) is 12.3. The number of amides is 1. The first-order valence-corrected chi connectivity index (χ1v) is 14.6. The van der Waals surface area contributed by atoms with Gasteiger partial charge in [-0.1, -0.05) is 78.0 Å².